The highest BCUT2D eigenvalue weighted by Gasteiger charge is 2.43. The molecule has 90 valence electrons. The largest absolute Gasteiger partial charge is 0.416 e. The molecule has 16 heavy (non-hydrogen) atoms. The quantitative estimate of drug-likeness (QED) is 0.871. The monoisotopic (exact) mass is 273 g/mol. The minimum Gasteiger partial charge on any atom is -0.382 e. The van der Waals surface area contributed by atoms with Crippen molar-refractivity contribution in [3.05, 3.63) is 33.8 Å². The fourth-order valence-corrected chi connectivity index (χ4v) is 1.84. The predicted molar refractivity (Wildman–Crippen MR) is 55.5 cm³/mol. The van der Waals surface area contributed by atoms with Gasteiger partial charge >= 0.3 is 6.18 Å². The first-order chi connectivity index (χ1) is 7.25. The number of rotatable bonds is 2. The van der Waals surface area contributed by atoms with Crippen LogP contribution in [0, 0.1) is 0 Å². The Morgan fingerprint density at radius 1 is 1.19 bits per heavy atom. The molecule has 3 N–H and O–H groups in total. The SMILES string of the molecule is N[C@@H](c1c(Cl)cccc1Cl)[C@H](O)C(F)(F)F. The zero-order valence-corrected chi connectivity index (χ0v) is 9.31. The van der Waals surface area contributed by atoms with Crippen LogP contribution in [0.4, 0.5) is 13.2 Å². The van der Waals surface area contributed by atoms with Crippen molar-refractivity contribution in [3.63, 3.8) is 0 Å². The highest BCUT2D eigenvalue weighted by Crippen LogP contribution is 2.35. The summed E-state index contributed by atoms with van der Waals surface area (Å²) >= 11 is 11.4. The van der Waals surface area contributed by atoms with Gasteiger partial charge in [-0.05, 0) is 12.1 Å². The summed E-state index contributed by atoms with van der Waals surface area (Å²) in [5.41, 5.74) is 5.17. The van der Waals surface area contributed by atoms with E-state index in [0.29, 0.717) is 0 Å². The lowest BCUT2D eigenvalue weighted by Crippen LogP contribution is -2.39. The summed E-state index contributed by atoms with van der Waals surface area (Å²) in [4.78, 5) is 0. The van der Waals surface area contributed by atoms with Gasteiger partial charge in [-0.25, -0.2) is 0 Å². The van der Waals surface area contributed by atoms with E-state index in [1.807, 2.05) is 0 Å². The first kappa shape index (κ1) is 13.6. The van der Waals surface area contributed by atoms with Gasteiger partial charge < -0.3 is 10.8 Å². The van der Waals surface area contributed by atoms with Gasteiger partial charge in [0, 0.05) is 15.6 Å². The summed E-state index contributed by atoms with van der Waals surface area (Å²) in [6.07, 6.45) is -7.52. The Morgan fingerprint density at radius 3 is 2.00 bits per heavy atom. The molecule has 0 aliphatic heterocycles. The molecule has 1 aromatic carbocycles. The minimum atomic E-state index is -4.82. The molecule has 0 saturated heterocycles. The third-order valence-electron chi connectivity index (χ3n) is 2.01. The van der Waals surface area contributed by atoms with Crippen LogP contribution < -0.4 is 5.73 Å². The number of aliphatic hydroxyl groups excluding tert-OH is 1. The van der Waals surface area contributed by atoms with Gasteiger partial charge in [-0.15, -0.1) is 0 Å². The first-order valence-corrected chi connectivity index (χ1v) is 4.95. The molecule has 0 amide bonds. The lowest BCUT2D eigenvalue weighted by Gasteiger charge is -2.23. The smallest absolute Gasteiger partial charge is 0.382 e. The van der Waals surface area contributed by atoms with Gasteiger partial charge in [0.1, 0.15) is 0 Å². The van der Waals surface area contributed by atoms with E-state index >= 15 is 0 Å². The molecule has 2 atom stereocenters. The van der Waals surface area contributed by atoms with Crippen molar-refractivity contribution in [2.75, 3.05) is 0 Å². The summed E-state index contributed by atoms with van der Waals surface area (Å²) in [5.74, 6) is 0. The summed E-state index contributed by atoms with van der Waals surface area (Å²) in [6, 6.07) is 2.47. The number of aliphatic hydroxyl groups is 1. The van der Waals surface area contributed by atoms with Crippen LogP contribution in [0.15, 0.2) is 18.2 Å². The molecule has 0 aliphatic rings. The van der Waals surface area contributed by atoms with Crippen molar-refractivity contribution in [1.29, 1.82) is 0 Å². The van der Waals surface area contributed by atoms with Crippen LogP contribution in [0.2, 0.25) is 10.0 Å². The molecule has 0 aliphatic carbocycles. The predicted octanol–water partition coefficient (Wildman–Crippen LogP) is 2.92. The van der Waals surface area contributed by atoms with Crippen LogP contribution in [0.3, 0.4) is 0 Å². The van der Waals surface area contributed by atoms with Crippen LogP contribution in [-0.4, -0.2) is 17.4 Å². The van der Waals surface area contributed by atoms with E-state index in [1.54, 1.807) is 0 Å². The van der Waals surface area contributed by atoms with Gasteiger partial charge in [0.05, 0.1) is 6.04 Å². The molecule has 0 heterocycles. The Balaban J connectivity index is 3.10. The molecule has 1 aromatic rings. The van der Waals surface area contributed by atoms with Crippen molar-refractivity contribution in [3.8, 4) is 0 Å². The first-order valence-electron chi connectivity index (χ1n) is 4.19. The Hall–Kier alpha value is -0.490. The molecule has 0 spiro atoms. The maximum atomic E-state index is 12.2. The summed E-state index contributed by atoms with van der Waals surface area (Å²) in [7, 11) is 0. The van der Waals surface area contributed by atoms with Crippen molar-refractivity contribution in [2.45, 2.75) is 18.3 Å². The average molecular weight is 274 g/mol. The van der Waals surface area contributed by atoms with E-state index < -0.39 is 18.3 Å². The van der Waals surface area contributed by atoms with E-state index in [1.165, 1.54) is 18.2 Å². The molecule has 0 bridgehead atoms. The van der Waals surface area contributed by atoms with Crippen LogP contribution in [0.1, 0.15) is 11.6 Å². The zero-order valence-electron chi connectivity index (χ0n) is 7.80. The van der Waals surface area contributed by atoms with Gasteiger partial charge in [0.2, 0.25) is 0 Å². The van der Waals surface area contributed by atoms with Crippen molar-refractivity contribution < 1.29 is 18.3 Å². The van der Waals surface area contributed by atoms with E-state index in [9.17, 15) is 13.2 Å². The summed E-state index contributed by atoms with van der Waals surface area (Å²) < 4.78 is 36.7. The van der Waals surface area contributed by atoms with E-state index in [-0.39, 0.29) is 15.6 Å². The van der Waals surface area contributed by atoms with E-state index in [4.69, 9.17) is 34.0 Å². The molecule has 2 nitrogen and oxygen atoms in total. The highest BCUT2D eigenvalue weighted by molar-refractivity contribution is 6.36. The van der Waals surface area contributed by atoms with Gasteiger partial charge in [-0.3, -0.25) is 0 Å². The van der Waals surface area contributed by atoms with Crippen LogP contribution in [-0.2, 0) is 0 Å². The molecule has 0 aromatic heterocycles. The Kier molecular flexibility index (Phi) is 4.07. The van der Waals surface area contributed by atoms with Gasteiger partial charge in [-0.2, -0.15) is 13.2 Å². The zero-order chi connectivity index (χ0) is 12.5. The number of nitrogens with two attached hydrogens (primary N) is 1. The normalized spacial score (nSPS) is 15.9. The number of hydrogen-bond acceptors (Lipinski definition) is 2. The molecule has 0 unspecified atom stereocenters. The highest BCUT2D eigenvalue weighted by atomic mass is 35.5. The van der Waals surface area contributed by atoms with Crippen LogP contribution in [0.5, 0.6) is 0 Å². The maximum absolute atomic E-state index is 12.2. The Bertz CT molecular complexity index is 363. The number of halogens is 5. The third-order valence-corrected chi connectivity index (χ3v) is 2.67. The van der Waals surface area contributed by atoms with E-state index in [2.05, 4.69) is 0 Å². The lowest BCUT2D eigenvalue weighted by molar-refractivity contribution is -0.210. The molecular formula is C9H8Cl2F3NO. The van der Waals surface area contributed by atoms with Crippen LogP contribution in [0.25, 0.3) is 0 Å². The number of alkyl halides is 3. The van der Waals surface area contributed by atoms with Gasteiger partial charge in [0.25, 0.3) is 0 Å². The molecule has 7 heteroatoms. The lowest BCUT2D eigenvalue weighted by atomic mass is 10.0. The van der Waals surface area contributed by atoms with Gasteiger partial charge in [0.15, 0.2) is 6.10 Å². The third kappa shape index (κ3) is 2.79. The molecule has 0 saturated carbocycles. The average Bonchev–Trinajstić information content (AvgIpc) is 2.14. The molecule has 0 fully saturated rings. The number of hydrogen-bond donors (Lipinski definition) is 2. The topological polar surface area (TPSA) is 46.2 Å². The molecule has 1 rings (SSSR count). The summed E-state index contributed by atoms with van der Waals surface area (Å²) in [6.45, 7) is 0. The van der Waals surface area contributed by atoms with E-state index in [0.717, 1.165) is 0 Å². The fraction of sp³-hybridized carbons (Fsp3) is 0.333. The van der Waals surface area contributed by atoms with Crippen molar-refractivity contribution in [1.82, 2.24) is 0 Å². The maximum Gasteiger partial charge on any atom is 0.416 e. The molecule has 0 radical (unpaired) electrons. The van der Waals surface area contributed by atoms with Crippen molar-refractivity contribution in [2.24, 2.45) is 5.73 Å². The number of benzene rings is 1. The second-order valence-corrected chi connectivity index (χ2v) is 3.96. The standard InChI is InChI=1S/C9H8Cl2F3NO/c10-4-2-1-3-5(11)6(4)7(15)8(16)9(12,13)14/h1-3,7-8,16H,15H2/t7-,8-/m0/s1. The van der Waals surface area contributed by atoms with Crippen LogP contribution >= 0.6 is 23.2 Å². The summed E-state index contributed by atoms with van der Waals surface area (Å²) in [5, 5.41) is 8.97. The second kappa shape index (κ2) is 4.79. The minimum absolute atomic E-state index is 0.0108. The second-order valence-electron chi connectivity index (χ2n) is 3.15. The Labute approximate surface area is 99.8 Å². The fourth-order valence-electron chi connectivity index (χ4n) is 1.19. The van der Waals surface area contributed by atoms with Gasteiger partial charge in [-0.1, -0.05) is 29.3 Å². The Morgan fingerprint density at radius 2 is 1.62 bits per heavy atom. The molecular weight excluding hydrogens is 266 g/mol. The van der Waals surface area contributed by atoms with Crippen molar-refractivity contribution >= 4 is 23.2 Å².